The van der Waals surface area contributed by atoms with Gasteiger partial charge in [-0.15, -0.1) is 0 Å². The highest BCUT2D eigenvalue weighted by molar-refractivity contribution is 5.96. The van der Waals surface area contributed by atoms with Crippen molar-refractivity contribution in [2.75, 3.05) is 32.3 Å². The van der Waals surface area contributed by atoms with Crippen LogP contribution in [0.15, 0.2) is 42.5 Å². The number of hydrogen-bond donors (Lipinski definition) is 2. The standard InChI is InChI=1S/C20H21N3O6/c1-26-14-7-8-16(19(24)27-2)17(9-14)28-11-15-10-23(20(25)29-15)13-5-3-12(4-6-13)18(21)22/h3-9,15H,10-11H2,1-2H3,(H3,21,22). The van der Waals surface area contributed by atoms with Gasteiger partial charge in [0.15, 0.2) is 6.10 Å². The molecule has 1 heterocycles. The van der Waals surface area contributed by atoms with Crippen LogP contribution in [-0.4, -0.2) is 51.4 Å². The molecule has 0 radical (unpaired) electrons. The lowest BCUT2D eigenvalue weighted by atomic mass is 10.2. The fraction of sp³-hybridized carbons (Fsp3) is 0.250. The molecule has 3 rings (SSSR count). The van der Waals surface area contributed by atoms with Gasteiger partial charge >= 0.3 is 12.1 Å². The van der Waals surface area contributed by atoms with Crippen LogP contribution in [0.4, 0.5) is 10.5 Å². The smallest absolute Gasteiger partial charge is 0.414 e. The van der Waals surface area contributed by atoms with E-state index in [9.17, 15) is 9.59 Å². The lowest BCUT2D eigenvalue weighted by Crippen LogP contribution is -2.27. The highest BCUT2D eigenvalue weighted by Gasteiger charge is 2.33. The Hall–Kier alpha value is -3.75. The van der Waals surface area contributed by atoms with E-state index in [0.717, 1.165) is 0 Å². The summed E-state index contributed by atoms with van der Waals surface area (Å²) in [5.41, 5.74) is 6.88. The molecule has 1 unspecified atom stereocenters. The molecule has 0 aromatic heterocycles. The number of methoxy groups -OCH3 is 2. The first-order chi connectivity index (χ1) is 13.9. The Kier molecular flexibility index (Phi) is 5.87. The summed E-state index contributed by atoms with van der Waals surface area (Å²) < 4.78 is 21.0. The maximum absolute atomic E-state index is 12.2. The van der Waals surface area contributed by atoms with Crippen molar-refractivity contribution in [3.8, 4) is 11.5 Å². The minimum Gasteiger partial charge on any atom is -0.497 e. The maximum atomic E-state index is 12.2. The second-order valence-electron chi connectivity index (χ2n) is 6.24. The number of nitrogen functional groups attached to an aromatic ring is 1. The second kappa shape index (κ2) is 8.51. The van der Waals surface area contributed by atoms with Gasteiger partial charge in [0.2, 0.25) is 0 Å². The number of esters is 1. The number of hydrogen-bond acceptors (Lipinski definition) is 7. The highest BCUT2D eigenvalue weighted by Crippen LogP contribution is 2.27. The van der Waals surface area contributed by atoms with Crippen molar-refractivity contribution in [3.63, 3.8) is 0 Å². The molecule has 9 heteroatoms. The average molecular weight is 399 g/mol. The molecule has 0 bridgehead atoms. The average Bonchev–Trinajstić information content (AvgIpc) is 3.12. The van der Waals surface area contributed by atoms with Gasteiger partial charge in [0, 0.05) is 17.3 Å². The first kappa shape index (κ1) is 20.0. The summed E-state index contributed by atoms with van der Waals surface area (Å²) in [7, 11) is 2.79. The summed E-state index contributed by atoms with van der Waals surface area (Å²) in [5, 5.41) is 7.43. The third-order valence-corrected chi connectivity index (χ3v) is 4.38. The molecular weight excluding hydrogens is 378 g/mol. The van der Waals surface area contributed by atoms with Crippen molar-refractivity contribution >= 4 is 23.6 Å². The molecule has 1 atom stereocenters. The summed E-state index contributed by atoms with van der Waals surface area (Å²) in [6, 6.07) is 11.4. The minimum atomic E-state index is -0.543. The number of nitrogens with zero attached hydrogens (tertiary/aromatic N) is 1. The zero-order valence-electron chi connectivity index (χ0n) is 16.0. The minimum absolute atomic E-state index is 0.0466. The third-order valence-electron chi connectivity index (χ3n) is 4.38. The van der Waals surface area contributed by atoms with E-state index < -0.39 is 18.2 Å². The fourth-order valence-electron chi connectivity index (χ4n) is 2.85. The Morgan fingerprint density at radius 2 is 1.97 bits per heavy atom. The first-order valence-electron chi connectivity index (χ1n) is 8.74. The van der Waals surface area contributed by atoms with Gasteiger partial charge < -0.3 is 24.7 Å². The Morgan fingerprint density at radius 1 is 1.24 bits per heavy atom. The number of nitrogens with two attached hydrogens (primary N) is 1. The summed E-state index contributed by atoms with van der Waals surface area (Å²) in [6.45, 7) is 0.320. The molecule has 2 aromatic rings. The normalized spacial score (nSPS) is 15.6. The van der Waals surface area contributed by atoms with Crippen LogP contribution in [0.2, 0.25) is 0 Å². The SMILES string of the molecule is COC(=O)c1ccc(OC)cc1OCC1CN(c2ccc(C(=N)N)cc2)C(=O)O1. The number of rotatable bonds is 7. The Morgan fingerprint density at radius 3 is 2.59 bits per heavy atom. The lowest BCUT2D eigenvalue weighted by Gasteiger charge is -2.15. The fourth-order valence-corrected chi connectivity index (χ4v) is 2.85. The van der Waals surface area contributed by atoms with Crippen molar-refractivity contribution in [1.82, 2.24) is 0 Å². The van der Waals surface area contributed by atoms with Crippen molar-refractivity contribution in [3.05, 3.63) is 53.6 Å². The van der Waals surface area contributed by atoms with Gasteiger partial charge in [-0.05, 0) is 36.4 Å². The number of ether oxygens (including phenoxy) is 4. The van der Waals surface area contributed by atoms with Gasteiger partial charge in [0.05, 0.1) is 20.8 Å². The summed E-state index contributed by atoms with van der Waals surface area (Å²) in [6.07, 6.45) is -1.04. The van der Waals surface area contributed by atoms with Gasteiger partial charge in [-0.2, -0.15) is 0 Å². The first-order valence-corrected chi connectivity index (χ1v) is 8.74. The molecule has 1 amide bonds. The Bertz CT molecular complexity index is 928. The van der Waals surface area contributed by atoms with E-state index in [-0.39, 0.29) is 30.3 Å². The summed E-state index contributed by atoms with van der Waals surface area (Å²) in [4.78, 5) is 25.6. The van der Waals surface area contributed by atoms with E-state index in [2.05, 4.69) is 0 Å². The van der Waals surface area contributed by atoms with Gasteiger partial charge in [0.25, 0.3) is 0 Å². The van der Waals surface area contributed by atoms with Gasteiger partial charge in [0.1, 0.15) is 29.5 Å². The van der Waals surface area contributed by atoms with Crippen LogP contribution in [0, 0.1) is 5.41 Å². The zero-order chi connectivity index (χ0) is 21.0. The van der Waals surface area contributed by atoms with E-state index in [4.69, 9.17) is 30.1 Å². The van der Waals surface area contributed by atoms with Gasteiger partial charge in [-0.3, -0.25) is 10.3 Å². The van der Waals surface area contributed by atoms with Gasteiger partial charge in [-0.1, -0.05) is 0 Å². The molecule has 2 aromatic carbocycles. The number of nitrogens with one attached hydrogen (secondary N) is 1. The van der Waals surface area contributed by atoms with Crippen molar-refractivity contribution in [2.24, 2.45) is 5.73 Å². The second-order valence-corrected chi connectivity index (χ2v) is 6.24. The van der Waals surface area contributed by atoms with Gasteiger partial charge in [-0.25, -0.2) is 9.59 Å². The third kappa shape index (κ3) is 4.40. The van der Waals surface area contributed by atoms with Crippen LogP contribution < -0.4 is 20.1 Å². The number of carbonyl (C=O) groups excluding carboxylic acids is 2. The molecule has 1 aliphatic heterocycles. The van der Waals surface area contributed by atoms with Crippen molar-refractivity contribution in [2.45, 2.75) is 6.10 Å². The topological polar surface area (TPSA) is 124 Å². The summed E-state index contributed by atoms with van der Waals surface area (Å²) in [5.74, 6) is 0.199. The summed E-state index contributed by atoms with van der Waals surface area (Å²) >= 11 is 0. The van der Waals surface area contributed by atoms with Crippen LogP contribution in [0.1, 0.15) is 15.9 Å². The molecule has 3 N–H and O–H groups in total. The molecule has 1 saturated heterocycles. The van der Waals surface area contributed by atoms with Crippen LogP contribution in [0.3, 0.4) is 0 Å². The molecule has 0 spiro atoms. The van der Waals surface area contributed by atoms with Crippen LogP contribution >= 0.6 is 0 Å². The molecule has 9 nitrogen and oxygen atoms in total. The Balaban J connectivity index is 1.69. The molecule has 0 aliphatic carbocycles. The zero-order valence-corrected chi connectivity index (χ0v) is 16.0. The maximum Gasteiger partial charge on any atom is 0.414 e. The molecular formula is C20H21N3O6. The van der Waals surface area contributed by atoms with E-state index in [0.29, 0.717) is 17.0 Å². The number of amidine groups is 1. The predicted molar refractivity (Wildman–Crippen MR) is 105 cm³/mol. The molecule has 152 valence electrons. The monoisotopic (exact) mass is 399 g/mol. The molecule has 1 aliphatic rings. The molecule has 0 saturated carbocycles. The number of benzene rings is 2. The van der Waals surface area contributed by atoms with E-state index in [1.807, 2.05) is 0 Å². The van der Waals surface area contributed by atoms with Crippen LogP contribution in [0.25, 0.3) is 0 Å². The number of carbonyl (C=O) groups is 2. The van der Waals surface area contributed by atoms with E-state index >= 15 is 0 Å². The quantitative estimate of drug-likeness (QED) is 0.415. The Labute approximate surface area is 167 Å². The molecule has 29 heavy (non-hydrogen) atoms. The van der Waals surface area contributed by atoms with E-state index in [1.165, 1.54) is 19.1 Å². The lowest BCUT2D eigenvalue weighted by molar-refractivity contribution is 0.0589. The van der Waals surface area contributed by atoms with Crippen molar-refractivity contribution < 1.29 is 28.5 Å². The van der Waals surface area contributed by atoms with Crippen LogP contribution in [0.5, 0.6) is 11.5 Å². The number of anilines is 1. The number of amides is 1. The highest BCUT2D eigenvalue weighted by atomic mass is 16.6. The number of cyclic esters (lactones) is 1. The molecule has 1 fully saturated rings. The van der Waals surface area contributed by atoms with E-state index in [1.54, 1.807) is 42.5 Å². The van der Waals surface area contributed by atoms with Crippen molar-refractivity contribution in [1.29, 1.82) is 5.41 Å². The largest absolute Gasteiger partial charge is 0.497 e. The van der Waals surface area contributed by atoms with Crippen LogP contribution in [-0.2, 0) is 9.47 Å². The predicted octanol–water partition coefficient (Wildman–Crippen LogP) is 2.17.